The highest BCUT2D eigenvalue weighted by molar-refractivity contribution is 7.23. The van der Waals surface area contributed by atoms with E-state index in [4.69, 9.17) is 25.9 Å². The van der Waals surface area contributed by atoms with Gasteiger partial charge in [-0.3, -0.25) is 4.90 Å². The van der Waals surface area contributed by atoms with Crippen LogP contribution in [0.25, 0.3) is 32.1 Å². The second-order valence-electron chi connectivity index (χ2n) is 15.0. The van der Waals surface area contributed by atoms with Gasteiger partial charge in [0.1, 0.15) is 64.7 Å². The van der Waals surface area contributed by atoms with Crippen LogP contribution in [0.15, 0.2) is 30.5 Å². The van der Waals surface area contributed by atoms with Gasteiger partial charge >= 0.3 is 12.2 Å². The molecule has 0 radical (unpaired) electrons. The zero-order valence-corrected chi connectivity index (χ0v) is 31.9. The maximum atomic E-state index is 17.6. The number of alkyl halides is 4. The van der Waals surface area contributed by atoms with Crippen molar-refractivity contribution in [1.82, 2.24) is 24.8 Å². The number of pyridine rings is 1. The molecule has 2 fully saturated rings. The highest BCUT2D eigenvalue weighted by Gasteiger charge is 2.50. The summed E-state index contributed by atoms with van der Waals surface area (Å²) in [5, 5.41) is 9.23. The third-order valence-corrected chi connectivity index (χ3v) is 12.3. The molecule has 2 saturated heterocycles. The van der Waals surface area contributed by atoms with Crippen LogP contribution in [0.2, 0.25) is 0 Å². The maximum absolute atomic E-state index is 17.6. The quantitative estimate of drug-likeness (QED) is 0.136. The Balaban J connectivity index is 1.41. The standard InChI is InChI=1S/C39H39F6N9O2S/c1-52(2)12-4-7-25(21-6-3-11-49-34(21)47)54-14-15-55-32-28-31(50-37(51-36(28)54)56-19-38-10-5-13-53(38)18-20(40)16-38)30(42)27(29(32)39(43,44)45)22-8-9-24(41)33-26(22)23(17-46)35(48)57-33/h3,6,8-9,11,20,25H,4-5,7,10,12-16,18-19,48H2,1-2H3,(H2,47,49)/t20-,25-,38+/m1/s1. The van der Waals surface area contributed by atoms with Crippen LogP contribution < -0.4 is 25.8 Å². The monoisotopic (exact) mass is 811 g/mol. The van der Waals surface area contributed by atoms with E-state index >= 15 is 22.0 Å². The minimum absolute atomic E-state index is 0.0167. The Morgan fingerprint density at radius 2 is 1.96 bits per heavy atom. The predicted octanol–water partition coefficient (Wildman–Crippen LogP) is 7.48. The number of nitrogens with two attached hydrogens (primary N) is 2. The maximum Gasteiger partial charge on any atom is 0.420 e. The van der Waals surface area contributed by atoms with Crippen LogP contribution in [-0.2, 0) is 6.18 Å². The summed E-state index contributed by atoms with van der Waals surface area (Å²) in [6, 6.07) is 6.26. The number of nitriles is 1. The minimum Gasteiger partial charge on any atom is -0.490 e. The first-order valence-corrected chi connectivity index (χ1v) is 19.4. The summed E-state index contributed by atoms with van der Waals surface area (Å²) in [5.41, 5.74) is 8.65. The van der Waals surface area contributed by atoms with E-state index < -0.39 is 63.5 Å². The average molecular weight is 812 g/mol. The van der Waals surface area contributed by atoms with Gasteiger partial charge in [0.15, 0.2) is 5.82 Å². The number of ether oxygens (including phenoxy) is 2. The summed E-state index contributed by atoms with van der Waals surface area (Å²) in [6.45, 7) is 1.22. The Kier molecular flexibility index (Phi) is 9.97. The van der Waals surface area contributed by atoms with Crippen LogP contribution in [0.4, 0.5) is 43.0 Å². The van der Waals surface area contributed by atoms with E-state index in [-0.39, 0.29) is 76.4 Å². The normalized spacial score (nSPS) is 20.2. The van der Waals surface area contributed by atoms with Gasteiger partial charge in [-0.2, -0.15) is 28.4 Å². The van der Waals surface area contributed by atoms with E-state index in [1.54, 1.807) is 17.0 Å². The molecule has 3 aliphatic rings. The lowest BCUT2D eigenvalue weighted by molar-refractivity contribution is -0.138. The van der Waals surface area contributed by atoms with Crippen molar-refractivity contribution in [2.24, 2.45) is 0 Å². The smallest absolute Gasteiger partial charge is 0.420 e. The molecule has 6 heterocycles. The Morgan fingerprint density at radius 1 is 1.16 bits per heavy atom. The fourth-order valence-electron chi connectivity index (χ4n) is 8.81. The molecule has 5 aromatic rings. The molecule has 11 nitrogen and oxygen atoms in total. The molecular formula is C39H39F6N9O2S. The lowest BCUT2D eigenvalue weighted by Gasteiger charge is -2.34. The first-order valence-electron chi connectivity index (χ1n) is 18.5. The van der Waals surface area contributed by atoms with Crippen molar-refractivity contribution >= 4 is 49.0 Å². The van der Waals surface area contributed by atoms with Crippen molar-refractivity contribution in [3.05, 3.63) is 58.8 Å². The predicted molar refractivity (Wildman–Crippen MR) is 205 cm³/mol. The molecule has 3 aliphatic heterocycles. The molecule has 0 amide bonds. The van der Waals surface area contributed by atoms with Crippen molar-refractivity contribution < 1.29 is 35.8 Å². The van der Waals surface area contributed by atoms with Gasteiger partial charge in [-0.25, -0.2) is 18.2 Å². The number of benzene rings is 2. The Bertz CT molecular complexity index is 2420. The van der Waals surface area contributed by atoms with E-state index in [1.807, 2.05) is 30.0 Å². The number of aromatic nitrogens is 3. The third kappa shape index (κ3) is 6.68. The van der Waals surface area contributed by atoms with Gasteiger partial charge in [-0.05, 0) is 70.6 Å². The Labute approximate surface area is 327 Å². The van der Waals surface area contributed by atoms with Gasteiger partial charge < -0.3 is 30.7 Å². The van der Waals surface area contributed by atoms with Crippen LogP contribution in [0.1, 0.15) is 54.8 Å². The van der Waals surface area contributed by atoms with Crippen molar-refractivity contribution in [3.63, 3.8) is 0 Å². The molecule has 0 spiro atoms. The van der Waals surface area contributed by atoms with Gasteiger partial charge in [0, 0.05) is 35.7 Å². The average Bonchev–Trinajstić information content (AvgIpc) is 3.76. The zero-order chi connectivity index (χ0) is 40.4. The van der Waals surface area contributed by atoms with Gasteiger partial charge in [0.05, 0.1) is 33.8 Å². The highest BCUT2D eigenvalue weighted by atomic mass is 32.1. The van der Waals surface area contributed by atoms with Crippen LogP contribution >= 0.6 is 11.3 Å². The van der Waals surface area contributed by atoms with E-state index in [2.05, 4.69) is 9.97 Å². The molecule has 0 bridgehead atoms. The molecular weight excluding hydrogens is 773 g/mol. The molecule has 3 aromatic heterocycles. The number of fused-ring (bicyclic) bond motifs is 2. The second-order valence-corrected chi connectivity index (χ2v) is 16.1. The van der Waals surface area contributed by atoms with Crippen molar-refractivity contribution in [2.75, 3.05) is 69.9 Å². The van der Waals surface area contributed by atoms with Gasteiger partial charge in [0.25, 0.3) is 0 Å². The molecule has 3 atom stereocenters. The largest absolute Gasteiger partial charge is 0.490 e. The first kappa shape index (κ1) is 38.7. The number of anilines is 3. The number of hydrogen-bond donors (Lipinski definition) is 2. The Hall–Kier alpha value is -5.12. The summed E-state index contributed by atoms with van der Waals surface area (Å²) in [5.74, 6) is -2.89. The Morgan fingerprint density at radius 3 is 2.70 bits per heavy atom. The molecule has 2 aromatic carbocycles. The lowest BCUT2D eigenvalue weighted by atomic mass is 9.91. The topological polar surface area (TPSA) is 143 Å². The number of nitrogens with zero attached hydrogens (tertiary/aromatic N) is 7. The van der Waals surface area contributed by atoms with Crippen molar-refractivity contribution in [1.29, 1.82) is 5.26 Å². The zero-order valence-electron chi connectivity index (χ0n) is 31.1. The molecule has 18 heteroatoms. The number of thiophene rings is 1. The van der Waals surface area contributed by atoms with Crippen LogP contribution in [0, 0.1) is 23.0 Å². The number of halogens is 6. The summed E-state index contributed by atoms with van der Waals surface area (Å²) < 4.78 is 107. The number of rotatable bonds is 10. The van der Waals surface area contributed by atoms with Gasteiger partial charge in [-0.1, -0.05) is 12.1 Å². The fourth-order valence-corrected chi connectivity index (χ4v) is 9.76. The van der Waals surface area contributed by atoms with E-state index in [0.29, 0.717) is 49.3 Å². The van der Waals surface area contributed by atoms with E-state index in [0.717, 1.165) is 18.6 Å². The number of nitrogen functional groups attached to an aromatic ring is 2. The van der Waals surface area contributed by atoms with Gasteiger partial charge in [-0.15, -0.1) is 11.3 Å². The van der Waals surface area contributed by atoms with E-state index in [9.17, 15) is 9.65 Å². The molecule has 0 saturated carbocycles. The first-order chi connectivity index (χ1) is 27.2. The third-order valence-electron chi connectivity index (χ3n) is 11.3. The minimum atomic E-state index is -5.24. The van der Waals surface area contributed by atoms with Crippen LogP contribution in [0.5, 0.6) is 11.8 Å². The molecule has 4 N–H and O–H groups in total. The molecule has 300 valence electrons. The van der Waals surface area contributed by atoms with Crippen molar-refractivity contribution in [3.8, 4) is 29.0 Å². The van der Waals surface area contributed by atoms with Crippen LogP contribution in [0.3, 0.4) is 0 Å². The summed E-state index contributed by atoms with van der Waals surface area (Å²) >= 11 is 0.671. The van der Waals surface area contributed by atoms with Gasteiger partial charge in [0.2, 0.25) is 0 Å². The highest BCUT2D eigenvalue weighted by Crippen LogP contribution is 2.54. The van der Waals surface area contributed by atoms with Crippen LogP contribution in [-0.4, -0.2) is 90.0 Å². The van der Waals surface area contributed by atoms with Crippen molar-refractivity contribution in [2.45, 2.75) is 56.0 Å². The lowest BCUT2D eigenvalue weighted by Crippen LogP contribution is -2.43. The number of hydrogen-bond acceptors (Lipinski definition) is 12. The molecule has 8 rings (SSSR count). The molecule has 0 unspecified atom stereocenters. The SMILES string of the molecule is CN(C)CCC[C@H](c1cccnc1N)N1CCOc2c(C(F)(F)F)c(-c3ccc(F)c4sc(N)c(C#N)c34)c(F)c3nc(OC[C@@]45CCCN4C[C@H](F)C5)nc1c23. The summed E-state index contributed by atoms with van der Waals surface area (Å²) in [6.07, 6.45) is -2.04. The fraction of sp³-hybridized carbons (Fsp3) is 0.436. The molecule has 57 heavy (non-hydrogen) atoms. The second kappa shape index (κ2) is 14.7. The molecule has 0 aliphatic carbocycles. The summed E-state index contributed by atoms with van der Waals surface area (Å²) in [7, 11) is 3.83. The summed E-state index contributed by atoms with van der Waals surface area (Å²) in [4.78, 5) is 19.2. The van der Waals surface area contributed by atoms with E-state index in [1.165, 1.54) is 6.20 Å².